The summed E-state index contributed by atoms with van der Waals surface area (Å²) >= 11 is 1.49. The zero-order chi connectivity index (χ0) is 14.1. The van der Waals surface area contributed by atoms with E-state index in [0.29, 0.717) is 18.2 Å². The van der Waals surface area contributed by atoms with Crippen molar-refractivity contribution in [3.05, 3.63) is 24.3 Å². The molecule has 0 amide bonds. The van der Waals surface area contributed by atoms with Gasteiger partial charge in [-0.15, -0.1) is 24.9 Å². The Morgan fingerprint density at radius 1 is 1.21 bits per heavy atom. The Morgan fingerprint density at radius 3 is 2.32 bits per heavy atom. The molecule has 1 saturated heterocycles. The number of sulfonamides is 1. The van der Waals surface area contributed by atoms with Crippen LogP contribution in [0.1, 0.15) is 0 Å². The second-order valence-electron chi connectivity index (χ2n) is 3.74. The van der Waals surface area contributed by atoms with Crippen LogP contribution in [0, 0.1) is 0 Å². The number of rotatable bonds is 3. The Bertz CT molecular complexity index is 536. The molecule has 1 aromatic rings. The van der Waals surface area contributed by atoms with Gasteiger partial charge in [-0.3, -0.25) is 0 Å². The molecule has 1 heterocycles. The Morgan fingerprint density at radius 2 is 1.84 bits per heavy atom. The van der Waals surface area contributed by atoms with Gasteiger partial charge in [0, 0.05) is 12.3 Å². The van der Waals surface area contributed by atoms with Crippen molar-refractivity contribution in [1.82, 2.24) is 4.31 Å². The summed E-state index contributed by atoms with van der Waals surface area (Å²) in [6.45, 7) is 0.411. The zero-order valence-electron chi connectivity index (χ0n) is 9.55. The lowest BCUT2D eigenvalue weighted by molar-refractivity contribution is -0.274. The van der Waals surface area contributed by atoms with Gasteiger partial charge in [0.25, 0.3) is 0 Å². The Balaban J connectivity index is 2.18. The van der Waals surface area contributed by atoms with Gasteiger partial charge in [0.05, 0.1) is 10.8 Å². The van der Waals surface area contributed by atoms with Crippen LogP contribution in [0.2, 0.25) is 0 Å². The molecule has 0 atom stereocenters. The molecule has 0 aliphatic carbocycles. The Hall–Kier alpha value is -0.930. The van der Waals surface area contributed by atoms with E-state index in [4.69, 9.17) is 0 Å². The Labute approximate surface area is 112 Å². The first-order chi connectivity index (χ1) is 8.79. The fourth-order valence-electron chi connectivity index (χ4n) is 1.55. The van der Waals surface area contributed by atoms with Crippen molar-refractivity contribution in [3.8, 4) is 5.75 Å². The number of halogens is 3. The van der Waals surface area contributed by atoms with E-state index in [1.165, 1.54) is 16.1 Å². The monoisotopic (exact) mass is 313 g/mol. The Kier molecular flexibility index (Phi) is 3.98. The molecule has 1 aromatic carbocycles. The lowest BCUT2D eigenvalue weighted by Crippen LogP contribution is -2.28. The summed E-state index contributed by atoms with van der Waals surface area (Å²) < 4.78 is 65.0. The number of hydrogen-bond acceptors (Lipinski definition) is 4. The molecule has 106 valence electrons. The highest BCUT2D eigenvalue weighted by Crippen LogP contribution is 2.27. The molecule has 0 unspecified atom stereocenters. The standard InChI is InChI=1S/C10H10F3NO3S2/c11-10(12,13)17-8-1-3-9(4-2-8)19(15,16)14-5-6-18-7-14/h1-4H,5-7H2. The lowest BCUT2D eigenvalue weighted by Gasteiger charge is -2.15. The summed E-state index contributed by atoms with van der Waals surface area (Å²) in [5.74, 6) is 0.639. The van der Waals surface area contributed by atoms with Gasteiger partial charge in [-0.05, 0) is 24.3 Å². The van der Waals surface area contributed by atoms with Crippen LogP contribution in [-0.4, -0.2) is 37.3 Å². The minimum absolute atomic E-state index is 0.0375. The molecule has 0 aromatic heterocycles. The fourth-order valence-corrected chi connectivity index (χ4v) is 4.36. The van der Waals surface area contributed by atoms with E-state index >= 15 is 0 Å². The smallest absolute Gasteiger partial charge is 0.406 e. The van der Waals surface area contributed by atoms with Crippen LogP contribution in [0.15, 0.2) is 29.2 Å². The first kappa shape index (κ1) is 14.5. The van der Waals surface area contributed by atoms with E-state index in [9.17, 15) is 21.6 Å². The van der Waals surface area contributed by atoms with Crippen molar-refractivity contribution in [2.45, 2.75) is 11.3 Å². The van der Waals surface area contributed by atoms with Gasteiger partial charge < -0.3 is 4.74 Å². The van der Waals surface area contributed by atoms with E-state index in [0.717, 1.165) is 24.3 Å². The summed E-state index contributed by atoms with van der Waals surface area (Å²) in [5.41, 5.74) is 0. The summed E-state index contributed by atoms with van der Waals surface area (Å²) in [6.07, 6.45) is -4.79. The summed E-state index contributed by atoms with van der Waals surface area (Å²) in [6, 6.07) is 4.20. The first-order valence-corrected chi connectivity index (χ1v) is 7.82. The third kappa shape index (κ3) is 3.54. The van der Waals surface area contributed by atoms with E-state index in [2.05, 4.69) is 4.74 Å². The molecule has 0 saturated carbocycles. The fraction of sp³-hybridized carbons (Fsp3) is 0.400. The molecule has 4 nitrogen and oxygen atoms in total. The minimum atomic E-state index is -4.79. The number of hydrogen-bond donors (Lipinski definition) is 0. The normalized spacial score (nSPS) is 17.6. The molecule has 0 radical (unpaired) electrons. The molecule has 1 aliphatic heterocycles. The van der Waals surface area contributed by atoms with E-state index in [1.54, 1.807) is 0 Å². The molecule has 0 spiro atoms. The van der Waals surface area contributed by atoms with Crippen molar-refractivity contribution < 1.29 is 26.3 Å². The van der Waals surface area contributed by atoms with E-state index < -0.39 is 22.1 Å². The van der Waals surface area contributed by atoms with Gasteiger partial charge in [-0.1, -0.05) is 0 Å². The van der Waals surface area contributed by atoms with E-state index in [1.807, 2.05) is 0 Å². The van der Waals surface area contributed by atoms with Crippen molar-refractivity contribution in [1.29, 1.82) is 0 Å². The van der Waals surface area contributed by atoms with Crippen LogP contribution in [0.4, 0.5) is 13.2 Å². The predicted octanol–water partition coefficient (Wildman–Crippen LogP) is 2.28. The largest absolute Gasteiger partial charge is 0.573 e. The van der Waals surface area contributed by atoms with Gasteiger partial charge >= 0.3 is 6.36 Å². The van der Waals surface area contributed by atoms with Crippen molar-refractivity contribution in [2.24, 2.45) is 0 Å². The van der Waals surface area contributed by atoms with Gasteiger partial charge in [-0.25, -0.2) is 8.42 Å². The topological polar surface area (TPSA) is 46.6 Å². The van der Waals surface area contributed by atoms with Gasteiger partial charge in [-0.2, -0.15) is 4.31 Å². The molecule has 2 rings (SSSR count). The summed E-state index contributed by atoms with van der Waals surface area (Å²) in [5, 5.41) is 0. The molecule has 0 bridgehead atoms. The molecule has 19 heavy (non-hydrogen) atoms. The second-order valence-corrected chi connectivity index (χ2v) is 6.75. The average Bonchev–Trinajstić information content (AvgIpc) is 2.81. The van der Waals surface area contributed by atoms with Gasteiger partial charge in [0.2, 0.25) is 10.0 Å². The summed E-state index contributed by atoms with van der Waals surface area (Å²) in [4.78, 5) is -0.0375. The minimum Gasteiger partial charge on any atom is -0.406 e. The van der Waals surface area contributed by atoms with Crippen molar-refractivity contribution in [2.75, 3.05) is 18.2 Å². The highest BCUT2D eigenvalue weighted by Gasteiger charge is 2.32. The van der Waals surface area contributed by atoms with E-state index in [-0.39, 0.29) is 4.90 Å². The molecule has 1 fully saturated rings. The quantitative estimate of drug-likeness (QED) is 0.859. The highest BCUT2D eigenvalue weighted by atomic mass is 32.2. The van der Waals surface area contributed by atoms with Gasteiger partial charge in [0.1, 0.15) is 5.75 Å². The lowest BCUT2D eigenvalue weighted by atomic mass is 10.3. The third-order valence-corrected chi connectivity index (χ3v) is 5.40. The third-order valence-electron chi connectivity index (χ3n) is 2.42. The number of alkyl halides is 3. The average molecular weight is 313 g/mol. The van der Waals surface area contributed by atoms with Crippen LogP contribution in [-0.2, 0) is 10.0 Å². The SMILES string of the molecule is O=S(=O)(c1ccc(OC(F)(F)F)cc1)N1CCSC1. The number of ether oxygens (including phenoxy) is 1. The number of nitrogens with zero attached hydrogens (tertiary/aromatic N) is 1. The van der Waals surface area contributed by atoms with Crippen LogP contribution >= 0.6 is 11.8 Å². The molecule has 0 N–H and O–H groups in total. The first-order valence-electron chi connectivity index (χ1n) is 5.23. The maximum atomic E-state index is 12.1. The predicted molar refractivity (Wildman–Crippen MR) is 64.3 cm³/mol. The maximum Gasteiger partial charge on any atom is 0.573 e. The van der Waals surface area contributed by atoms with Crippen LogP contribution in [0.5, 0.6) is 5.75 Å². The van der Waals surface area contributed by atoms with Gasteiger partial charge in [0.15, 0.2) is 0 Å². The molecule has 1 aliphatic rings. The van der Waals surface area contributed by atoms with Crippen molar-refractivity contribution >= 4 is 21.8 Å². The zero-order valence-corrected chi connectivity index (χ0v) is 11.2. The van der Waals surface area contributed by atoms with Crippen LogP contribution < -0.4 is 4.74 Å². The number of benzene rings is 1. The van der Waals surface area contributed by atoms with Crippen molar-refractivity contribution in [3.63, 3.8) is 0 Å². The van der Waals surface area contributed by atoms with Crippen LogP contribution in [0.25, 0.3) is 0 Å². The summed E-state index contributed by atoms with van der Waals surface area (Å²) in [7, 11) is -3.62. The van der Waals surface area contributed by atoms with Crippen LogP contribution in [0.3, 0.4) is 0 Å². The molecular weight excluding hydrogens is 303 g/mol. The number of thioether (sulfide) groups is 1. The maximum absolute atomic E-state index is 12.1. The second kappa shape index (κ2) is 5.22. The molecular formula is C10H10F3NO3S2. The molecule has 9 heteroatoms. The highest BCUT2D eigenvalue weighted by molar-refractivity contribution is 8.00.